The van der Waals surface area contributed by atoms with Crippen LogP contribution in [0.25, 0.3) is 0 Å². The molecule has 0 aliphatic carbocycles. The van der Waals surface area contributed by atoms with E-state index in [9.17, 15) is 14.4 Å². The Morgan fingerprint density at radius 1 is 0.861 bits per heavy atom. The normalized spacial score (nSPS) is 10.7. The lowest BCUT2D eigenvalue weighted by Gasteiger charge is -2.09. The van der Waals surface area contributed by atoms with Crippen molar-refractivity contribution < 1.29 is 9.59 Å². The molecule has 36 heavy (non-hydrogen) atoms. The molecule has 4 aromatic rings. The average molecular weight is 485 g/mol. The van der Waals surface area contributed by atoms with Crippen LogP contribution in [0.3, 0.4) is 0 Å². The van der Waals surface area contributed by atoms with Gasteiger partial charge in [-0.3, -0.25) is 19.1 Å². The number of pyridine rings is 1. The molecule has 0 saturated carbocycles. The van der Waals surface area contributed by atoms with Gasteiger partial charge in [-0.25, -0.2) is 0 Å². The van der Waals surface area contributed by atoms with Crippen molar-refractivity contribution in [1.82, 2.24) is 24.9 Å². The number of carbonyl (C=O) groups excluding carboxylic acids is 2. The Morgan fingerprint density at radius 3 is 2.28 bits per heavy atom. The second-order valence-corrected chi connectivity index (χ2v) is 8.40. The Morgan fingerprint density at radius 2 is 1.56 bits per heavy atom. The Hall–Kier alpha value is -4.53. The van der Waals surface area contributed by atoms with Gasteiger partial charge in [-0.05, 0) is 30.0 Å². The quantitative estimate of drug-likeness (QED) is 0.318. The van der Waals surface area contributed by atoms with Gasteiger partial charge in [0.2, 0.25) is 5.91 Å². The molecule has 0 fully saturated rings. The topological polar surface area (TPSA) is 111 Å². The summed E-state index contributed by atoms with van der Waals surface area (Å²) in [7, 11) is 0. The van der Waals surface area contributed by atoms with Crippen LogP contribution in [0.4, 0.5) is 5.69 Å². The van der Waals surface area contributed by atoms with E-state index in [2.05, 4.69) is 20.9 Å². The molecule has 0 atom stereocenters. The highest BCUT2D eigenvalue weighted by atomic mass is 16.2. The molecule has 0 unspecified atom stereocenters. The van der Waals surface area contributed by atoms with E-state index >= 15 is 0 Å². The molecule has 2 N–H and O–H groups in total. The van der Waals surface area contributed by atoms with Crippen LogP contribution in [0.2, 0.25) is 0 Å². The molecule has 2 amide bonds. The predicted molar refractivity (Wildman–Crippen MR) is 136 cm³/mol. The molecule has 0 radical (unpaired) electrons. The summed E-state index contributed by atoms with van der Waals surface area (Å²) < 4.78 is 3.24. The van der Waals surface area contributed by atoms with E-state index in [-0.39, 0.29) is 29.5 Å². The van der Waals surface area contributed by atoms with Crippen LogP contribution < -0.4 is 16.2 Å². The summed E-state index contributed by atoms with van der Waals surface area (Å²) in [5.74, 6) is -0.438. The number of amides is 2. The van der Waals surface area contributed by atoms with E-state index in [1.165, 1.54) is 6.07 Å². The molecule has 2 aromatic carbocycles. The third kappa shape index (κ3) is 7.23. The van der Waals surface area contributed by atoms with E-state index in [1.807, 2.05) is 60.7 Å². The Balaban J connectivity index is 1.19. The molecule has 2 aromatic heterocycles. The molecule has 2 heterocycles. The van der Waals surface area contributed by atoms with Gasteiger partial charge in [0.05, 0.1) is 12.6 Å². The van der Waals surface area contributed by atoms with Gasteiger partial charge in [0.1, 0.15) is 0 Å². The third-order valence-corrected chi connectivity index (χ3v) is 5.59. The number of benzene rings is 2. The minimum absolute atomic E-state index is 0.167. The van der Waals surface area contributed by atoms with Gasteiger partial charge in [-0.1, -0.05) is 65.9 Å². The van der Waals surface area contributed by atoms with Gasteiger partial charge in [-0.2, -0.15) is 0 Å². The zero-order valence-corrected chi connectivity index (χ0v) is 19.8. The van der Waals surface area contributed by atoms with Gasteiger partial charge in [0.15, 0.2) is 5.69 Å². The van der Waals surface area contributed by atoms with Crippen LogP contribution in [-0.4, -0.2) is 31.4 Å². The molecule has 0 saturated heterocycles. The van der Waals surface area contributed by atoms with Crippen LogP contribution in [0, 0.1) is 0 Å². The zero-order valence-electron chi connectivity index (χ0n) is 19.8. The first-order chi connectivity index (χ1) is 17.6. The lowest BCUT2D eigenvalue weighted by atomic mass is 10.1. The highest BCUT2D eigenvalue weighted by Crippen LogP contribution is 2.07. The molecule has 4 rings (SSSR count). The first kappa shape index (κ1) is 24.6. The van der Waals surface area contributed by atoms with Crippen molar-refractivity contribution in [3.05, 3.63) is 112 Å². The first-order valence-corrected chi connectivity index (χ1v) is 11.8. The molecule has 9 nitrogen and oxygen atoms in total. The fraction of sp³-hybridized carbons (Fsp3) is 0.222. The van der Waals surface area contributed by atoms with Crippen molar-refractivity contribution >= 4 is 17.5 Å². The van der Waals surface area contributed by atoms with E-state index < -0.39 is 0 Å². The number of unbranched alkanes of at least 4 members (excludes halogenated alkanes) is 1. The molecule has 184 valence electrons. The van der Waals surface area contributed by atoms with E-state index in [4.69, 9.17) is 0 Å². The lowest BCUT2D eigenvalue weighted by Crippen LogP contribution is -2.23. The number of nitrogens with one attached hydrogen (secondary N) is 2. The first-order valence-electron chi connectivity index (χ1n) is 11.8. The van der Waals surface area contributed by atoms with Crippen LogP contribution in [0.1, 0.15) is 34.5 Å². The molecule has 0 aliphatic heterocycles. The maximum atomic E-state index is 12.4. The van der Waals surface area contributed by atoms with E-state index in [0.717, 1.165) is 24.0 Å². The van der Waals surface area contributed by atoms with Crippen LogP contribution >= 0.6 is 0 Å². The van der Waals surface area contributed by atoms with Crippen LogP contribution in [0.5, 0.6) is 0 Å². The maximum absolute atomic E-state index is 12.4. The molecule has 0 aliphatic rings. The molecular formula is C27H28N6O3. The highest BCUT2D eigenvalue weighted by molar-refractivity contribution is 5.92. The summed E-state index contributed by atoms with van der Waals surface area (Å²) in [4.78, 5) is 36.9. The van der Waals surface area contributed by atoms with Gasteiger partial charge in [0.25, 0.3) is 11.5 Å². The summed E-state index contributed by atoms with van der Waals surface area (Å²) in [6.45, 7) is 1.55. The Bertz CT molecular complexity index is 1350. The molecule has 0 bridgehead atoms. The van der Waals surface area contributed by atoms with Gasteiger partial charge >= 0.3 is 0 Å². The molecular weight excluding hydrogens is 456 g/mol. The minimum atomic E-state index is -0.271. The van der Waals surface area contributed by atoms with E-state index in [1.54, 1.807) is 27.7 Å². The number of aromatic nitrogens is 4. The van der Waals surface area contributed by atoms with Crippen molar-refractivity contribution in [2.75, 3.05) is 5.32 Å². The standard InChI is InChI=1S/C27H28N6O3/c34-25(17-21-9-3-1-4-10-21)29-23-13-16-32(26(35)18-23)14-7-8-15-33-20-24(30-31-33)27(36)28-19-22-11-5-2-6-12-22/h1-6,9-13,16,18,20H,7-8,14-15,17,19H2,(H,28,36)(H,29,34). The predicted octanol–water partition coefficient (Wildman–Crippen LogP) is 3.03. The number of hydrogen-bond donors (Lipinski definition) is 2. The van der Waals surface area contributed by atoms with Crippen molar-refractivity contribution in [3.63, 3.8) is 0 Å². The summed E-state index contributed by atoms with van der Waals surface area (Å²) in [6.07, 6.45) is 5.07. The summed E-state index contributed by atoms with van der Waals surface area (Å²) in [5, 5.41) is 13.6. The Kier molecular flexibility index (Phi) is 8.37. The van der Waals surface area contributed by atoms with Gasteiger partial charge < -0.3 is 15.2 Å². The number of nitrogens with zero attached hydrogens (tertiary/aromatic N) is 4. The van der Waals surface area contributed by atoms with Gasteiger partial charge in [0, 0.05) is 37.6 Å². The second kappa shape index (κ2) is 12.3. The molecule has 9 heteroatoms. The van der Waals surface area contributed by atoms with Crippen molar-refractivity contribution in [1.29, 1.82) is 0 Å². The molecule has 0 spiro atoms. The number of hydrogen-bond acceptors (Lipinski definition) is 5. The van der Waals surface area contributed by atoms with Crippen molar-refractivity contribution in [3.8, 4) is 0 Å². The SMILES string of the molecule is O=C(Cc1ccccc1)Nc1ccn(CCCCn2cc(C(=O)NCc3ccccc3)nn2)c(=O)c1. The fourth-order valence-electron chi connectivity index (χ4n) is 3.69. The summed E-state index contributed by atoms with van der Waals surface area (Å²) in [5.41, 5.74) is 2.50. The monoisotopic (exact) mass is 484 g/mol. The van der Waals surface area contributed by atoms with Crippen LogP contribution in [0.15, 0.2) is 90.0 Å². The lowest BCUT2D eigenvalue weighted by molar-refractivity contribution is -0.115. The third-order valence-electron chi connectivity index (χ3n) is 5.59. The van der Waals surface area contributed by atoms with Crippen molar-refractivity contribution in [2.24, 2.45) is 0 Å². The summed E-state index contributed by atoms with van der Waals surface area (Å²) >= 11 is 0. The number of carbonyl (C=O) groups is 2. The minimum Gasteiger partial charge on any atom is -0.347 e. The second-order valence-electron chi connectivity index (χ2n) is 8.40. The smallest absolute Gasteiger partial charge is 0.273 e. The van der Waals surface area contributed by atoms with Crippen molar-refractivity contribution in [2.45, 2.75) is 38.9 Å². The number of anilines is 1. The average Bonchev–Trinajstić information content (AvgIpc) is 3.36. The fourth-order valence-corrected chi connectivity index (χ4v) is 3.69. The largest absolute Gasteiger partial charge is 0.347 e. The zero-order chi connectivity index (χ0) is 25.2. The Labute approximate surface area is 208 Å². The van der Waals surface area contributed by atoms with Gasteiger partial charge in [-0.15, -0.1) is 5.10 Å². The summed E-state index contributed by atoms with van der Waals surface area (Å²) in [6, 6.07) is 22.3. The number of aryl methyl sites for hydroxylation is 2. The maximum Gasteiger partial charge on any atom is 0.273 e. The van der Waals surface area contributed by atoms with Crippen LogP contribution in [-0.2, 0) is 30.8 Å². The number of rotatable bonds is 11. The van der Waals surface area contributed by atoms with E-state index in [0.29, 0.717) is 25.3 Å². The highest BCUT2D eigenvalue weighted by Gasteiger charge is 2.10.